The smallest absolute Gasteiger partial charge is 0.363 e. The van der Waals surface area contributed by atoms with Gasteiger partial charge in [-0.2, -0.15) is 0 Å². The van der Waals surface area contributed by atoms with Crippen LogP contribution in [0, 0.1) is 10.5 Å². The van der Waals surface area contributed by atoms with Crippen molar-refractivity contribution in [3.63, 3.8) is 0 Å². The van der Waals surface area contributed by atoms with E-state index in [0.717, 1.165) is 9.13 Å². The number of methoxy groups -OCH3 is 1. The molecule has 6 nitrogen and oxygen atoms in total. The van der Waals surface area contributed by atoms with E-state index in [4.69, 9.17) is 37.4 Å². The number of cyclic esters (lactones) is 1. The largest absolute Gasteiger partial charge is 0.493 e. The van der Waals surface area contributed by atoms with Crippen LogP contribution in [-0.4, -0.2) is 24.9 Å². The highest BCUT2D eigenvalue weighted by atomic mass is 127. The van der Waals surface area contributed by atoms with Crippen LogP contribution in [0.5, 0.6) is 11.5 Å². The molecule has 0 fully saturated rings. The number of nitrogens with zero attached hydrogens (tertiary/aromatic N) is 1. The molecule has 9 heteroatoms. The van der Waals surface area contributed by atoms with Crippen molar-refractivity contribution < 1.29 is 23.8 Å². The van der Waals surface area contributed by atoms with Gasteiger partial charge in [-0.1, -0.05) is 41.4 Å². The van der Waals surface area contributed by atoms with Crippen LogP contribution >= 0.6 is 45.8 Å². The van der Waals surface area contributed by atoms with Crippen molar-refractivity contribution >= 4 is 69.7 Å². The van der Waals surface area contributed by atoms with Crippen LogP contribution in [0.15, 0.2) is 65.3 Å². The van der Waals surface area contributed by atoms with Gasteiger partial charge in [-0.05, 0) is 83.1 Å². The fourth-order valence-corrected chi connectivity index (χ4v) is 4.16. The average molecular weight is 608 g/mol. The maximum Gasteiger partial charge on any atom is 0.363 e. The Hall–Kier alpha value is -2.88. The molecule has 3 aromatic carbocycles. The number of aryl methyl sites for hydroxylation is 1. The second kappa shape index (κ2) is 10.2. The number of hydrogen-bond donors (Lipinski definition) is 0. The zero-order chi connectivity index (χ0) is 24.4. The summed E-state index contributed by atoms with van der Waals surface area (Å²) in [5.41, 5.74) is 2.26. The fraction of sp³-hybridized carbons (Fsp3) is 0.0800. The second-order valence-corrected chi connectivity index (χ2v) is 9.26. The van der Waals surface area contributed by atoms with E-state index < -0.39 is 11.9 Å². The minimum atomic E-state index is -0.630. The van der Waals surface area contributed by atoms with Crippen LogP contribution in [0.25, 0.3) is 6.08 Å². The van der Waals surface area contributed by atoms with Gasteiger partial charge >= 0.3 is 11.9 Å². The van der Waals surface area contributed by atoms with Gasteiger partial charge in [0.2, 0.25) is 5.90 Å². The van der Waals surface area contributed by atoms with E-state index in [0.29, 0.717) is 21.7 Å². The van der Waals surface area contributed by atoms with E-state index in [9.17, 15) is 9.59 Å². The van der Waals surface area contributed by atoms with E-state index in [-0.39, 0.29) is 28.1 Å². The van der Waals surface area contributed by atoms with Gasteiger partial charge in [0.1, 0.15) is 0 Å². The molecular formula is C25H16Cl2INO5. The van der Waals surface area contributed by atoms with Crippen molar-refractivity contribution in [2.45, 2.75) is 6.92 Å². The SMILES string of the molecule is COc1cc(/C=C2\N=C(c3cc(I)ccc3Cl)OC2=O)cc(Cl)c1OC(=O)c1ccccc1C. The van der Waals surface area contributed by atoms with Gasteiger partial charge in [0.25, 0.3) is 0 Å². The minimum Gasteiger partial charge on any atom is -0.493 e. The molecule has 0 amide bonds. The van der Waals surface area contributed by atoms with Crippen molar-refractivity contribution in [2.24, 2.45) is 4.99 Å². The Balaban J connectivity index is 1.65. The van der Waals surface area contributed by atoms with Gasteiger partial charge in [0, 0.05) is 3.57 Å². The molecule has 0 aliphatic carbocycles. The Morgan fingerprint density at radius 2 is 1.85 bits per heavy atom. The van der Waals surface area contributed by atoms with E-state index in [1.54, 1.807) is 30.3 Å². The first-order chi connectivity index (χ1) is 16.3. The monoisotopic (exact) mass is 607 g/mol. The molecule has 0 atom stereocenters. The summed E-state index contributed by atoms with van der Waals surface area (Å²) in [5.74, 6) is -0.787. The predicted octanol–water partition coefficient (Wildman–Crippen LogP) is 6.48. The lowest BCUT2D eigenvalue weighted by Gasteiger charge is -2.13. The molecule has 1 aliphatic heterocycles. The lowest BCUT2D eigenvalue weighted by molar-refractivity contribution is -0.129. The van der Waals surface area contributed by atoms with Gasteiger partial charge < -0.3 is 14.2 Å². The van der Waals surface area contributed by atoms with Crippen molar-refractivity contribution in [2.75, 3.05) is 7.11 Å². The summed E-state index contributed by atoms with van der Waals surface area (Å²) in [5, 5.41) is 0.544. The lowest BCUT2D eigenvalue weighted by Crippen LogP contribution is -2.11. The first-order valence-electron chi connectivity index (χ1n) is 9.90. The zero-order valence-electron chi connectivity index (χ0n) is 17.9. The first-order valence-corrected chi connectivity index (χ1v) is 11.7. The number of esters is 2. The van der Waals surface area contributed by atoms with E-state index in [1.165, 1.54) is 19.3 Å². The summed E-state index contributed by atoms with van der Waals surface area (Å²) in [7, 11) is 1.42. The minimum absolute atomic E-state index is 0.0627. The summed E-state index contributed by atoms with van der Waals surface area (Å²) >= 11 is 14.8. The number of ether oxygens (including phenoxy) is 3. The maximum absolute atomic E-state index is 12.6. The summed E-state index contributed by atoms with van der Waals surface area (Å²) in [4.78, 5) is 29.4. The number of hydrogen-bond acceptors (Lipinski definition) is 6. The summed E-state index contributed by atoms with van der Waals surface area (Å²) < 4.78 is 17.1. The topological polar surface area (TPSA) is 74.2 Å². The summed E-state index contributed by atoms with van der Waals surface area (Å²) in [6.07, 6.45) is 1.50. The maximum atomic E-state index is 12.6. The Morgan fingerprint density at radius 1 is 1.09 bits per heavy atom. The average Bonchev–Trinajstić information content (AvgIpc) is 3.17. The Morgan fingerprint density at radius 3 is 2.59 bits per heavy atom. The molecule has 0 saturated carbocycles. The van der Waals surface area contributed by atoms with Gasteiger partial charge in [-0.25, -0.2) is 14.6 Å². The van der Waals surface area contributed by atoms with Gasteiger partial charge in [0.15, 0.2) is 17.2 Å². The predicted molar refractivity (Wildman–Crippen MR) is 139 cm³/mol. The van der Waals surface area contributed by atoms with Crippen LogP contribution < -0.4 is 9.47 Å². The van der Waals surface area contributed by atoms with Crippen LogP contribution in [-0.2, 0) is 9.53 Å². The quantitative estimate of drug-likeness (QED) is 0.144. The van der Waals surface area contributed by atoms with Gasteiger partial charge in [0.05, 0.1) is 28.3 Å². The number of rotatable bonds is 5. The van der Waals surface area contributed by atoms with E-state index in [1.807, 2.05) is 25.1 Å². The van der Waals surface area contributed by atoms with Gasteiger partial charge in [-0.3, -0.25) is 0 Å². The van der Waals surface area contributed by atoms with E-state index >= 15 is 0 Å². The standard InChI is InChI=1S/C25H16Cl2INO5/c1-13-5-3-4-6-16(13)24(30)33-22-19(27)9-14(11-21(22)32-2)10-20-25(31)34-23(29-20)17-12-15(28)7-8-18(17)26/h3-12H,1-2H3/b20-10-. The molecular weight excluding hydrogens is 592 g/mol. The highest BCUT2D eigenvalue weighted by Crippen LogP contribution is 2.38. The molecule has 0 radical (unpaired) electrons. The number of aliphatic imine (C=N–C) groups is 1. The number of halogens is 3. The highest BCUT2D eigenvalue weighted by molar-refractivity contribution is 14.1. The van der Waals surface area contributed by atoms with Crippen LogP contribution in [0.4, 0.5) is 0 Å². The fourth-order valence-electron chi connectivity index (χ4n) is 3.22. The third-order valence-corrected chi connectivity index (χ3v) is 6.18. The van der Waals surface area contributed by atoms with Gasteiger partial charge in [-0.15, -0.1) is 0 Å². The molecule has 4 rings (SSSR count). The first kappa shape index (κ1) is 24.3. The normalized spacial score (nSPS) is 14.1. The van der Waals surface area contributed by atoms with Crippen LogP contribution in [0.3, 0.4) is 0 Å². The number of carbonyl (C=O) groups is 2. The van der Waals surface area contributed by atoms with Crippen molar-refractivity contribution in [3.05, 3.63) is 96.2 Å². The van der Waals surface area contributed by atoms with Crippen LogP contribution in [0.2, 0.25) is 10.0 Å². The van der Waals surface area contributed by atoms with Crippen molar-refractivity contribution in [1.29, 1.82) is 0 Å². The molecule has 0 N–H and O–H groups in total. The highest BCUT2D eigenvalue weighted by Gasteiger charge is 2.26. The van der Waals surface area contributed by atoms with Crippen LogP contribution in [0.1, 0.15) is 27.0 Å². The molecule has 0 unspecified atom stereocenters. The Kier molecular flexibility index (Phi) is 7.25. The number of benzene rings is 3. The molecule has 0 spiro atoms. The molecule has 1 aliphatic rings. The molecule has 34 heavy (non-hydrogen) atoms. The van der Waals surface area contributed by atoms with E-state index in [2.05, 4.69) is 27.6 Å². The molecule has 1 heterocycles. The molecule has 3 aromatic rings. The lowest BCUT2D eigenvalue weighted by atomic mass is 10.1. The van der Waals surface area contributed by atoms with Crippen molar-refractivity contribution in [3.8, 4) is 11.5 Å². The molecule has 0 bridgehead atoms. The third-order valence-electron chi connectivity index (χ3n) is 4.89. The summed E-state index contributed by atoms with van der Waals surface area (Å²) in [6.45, 7) is 1.81. The van der Waals surface area contributed by atoms with Crippen molar-refractivity contribution in [1.82, 2.24) is 0 Å². The number of carbonyl (C=O) groups excluding carboxylic acids is 2. The summed E-state index contributed by atoms with van der Waals surface area (Å²) in [6, 6.07) is 15.5. The molecule has 172 valence electrons. The third kappa shape index (κ3) is 5.11. The zero-order valence-corrected chi connectivity index (χ0v) is 21.6. The molecule has 0 saturated heterocycles. The second-order valence-electron chi connectivity index (χ2n) is 7.20. The molecule has 0 aromatic heterocycles. The Bertz CT molecular complexity index is 1380. The Labute approximate surface area is 219 Å².